The van der Waals surface area contributed by atoms with Gasteiger partial charge < -0.3 is 19.8 Å². The Hall–Kier alpha value is -3.26. The standard InChI is InChI=1S/C29H31ClN2O5/c1-18(19-11-13-20(14-12-19)23-8-4-10-26(31-23)37-2)16-25(33)27(34)28(35)29(36)32-15-5-9-24(32)21-6-3-7-22(30)17-21/h3-4,6-8,10-14,17-18,24,27-28,34-35H,5,9,15-16H2,1-2H3/t18-,24+,27-,28+/m0/s1. The lowest BCUT2D eigenvalue weighted by atomic mass is 9.91. The van der Waals surface area contributed by atoms with Crippen LogP contribution in [0, 0.1) is 0 Å². The Bertz CT molecular complexity index is 1250. The summed E-state index contributed by atoms with van der Waals surface area (Å²) >= 11 is 6.11. The van der Waals surface area contributed by atoms with E-state index in [0.29, 0.717) is 17.4 Å². The number of hydrogen-bond acceptors (Lipinski definition) is 6. The zero-order valence-electron chi connectivity index (χ0n) is 20.9. The van der Waals surface area contributed by atoms with Gasteiger partial charge in [-0.2, -0.15) is 0 Å². The Morgan fingerprint density at radius 2 is 1.81 bits per heavy atom. The molecule has 2 aromatic carbocycles. The number of methoxy groups -OCH3 is 1. The van der Waals surface area contributed by atoms with Gasteiger partial charge in [-0.05, 0) is 48.1 Å². The lowest BCUT2D eigenvalue weighted by molar-refractivity contribution is -0.153. The molecule has 4 rings (SSSR count). The van der Waals surface area contributed by atoms with Gasteiger partial charge in [0.25, 0.3) is 5.91 Å². The van der Waals surface area contributed by atoms with Crippen molar-refractivity contribution < 1.29 is 24.5 Å². The van der Waals surface area contributed by atoms with Crippen LogP contribution in [0.15, 0.2) is 66.7 Å². The van der Waals surface area contributed by atoms with Gasteiger partial charge >= 0.3 is 0 Å². The quantitative estimate of drug-likeness (QED) is 0.427. The van der Waals surface area contributed by atoms with Crippen molar-refractivity contribution in [1.29, 1.82) is 0 Å². The molecule has 1 aromatic heterocycles. The molecule has 8 heteroatoms. The molecule has 0 spiro atoms. The van der Waals surface area contributed by atoms with Crippen molar-refractivity contribution in [2.75, 3.05) is 13.7 Å². The predicted octanol–water partition coefficient (Wildman–Crippen LogP) is 4.56. The van der Waals surface area contributed by atoms with E-state index in [1.807, 2.05) is 55.5 Å². The number of ketones is 1. The summed E-state index contributed by atoms with van der Waals surface area (Å²) in [4.78, 5) is 31.8. The minimum atomic E-state index is -1.82. The molecule has 1 fully saturated rings. The highest BCUT2D eigenvalue weighted by Gasteiger charge is 2.38. The largest absolute Gasteiger partial charge is 0.481 e. The van der Waals surface area contributed by atoms with Crippen molar-refractivity contribution in [3.63, 3.8) is 0 Å². The molecule has 194 valence electrons. The van der Waals surface area contributed by atoms with Gasteiger partial charge in [-0.25, -0.2) is 4.98 Å². The monoisotopic (exact) mass is 522 g/mol. The highest BCUT2D eigenvalue weighted by molar-refractivity contribution is 6.30. The fourth-order valence-electron chi connectivity index (χ4n) is 4.78. The Morgan fingerprint density at radius 1 is 1.08 bits per heavy atom. The van der Waals surface area contributed by atoms with Crippen molar-refractivity contribution in [1.82, 2.24) is 9.88 Å². The van der Waals surface area contributed by atoms with E-state index in [4.69, 9.17) is 16.3 Å². The van der Waals surface area contributed by atoms with Crippen LogP contribution in [0.25, 0.3) is 11.3 Å². The van der Waals surface area contributed by atoms with Crippen LogP contribution in [0.5, 0.6) is 5.88 Å². The molecule has 1 amide bonds. The molecule has 0 unspecified atom stereocenters. The van der Waals surface area contributed by atoms with Crippen molar-refractivity contribution in [2.24, 2.45) is 0 Å². The van der Waals surface area contributed by atoms with E-state index in [1.54, 1.807) is 25.3 Å². The van der Waals surface area contributed by atoms with Crippen molar-refractivity contribution in [2.45, 2.75) is 50.4 Å². The molecule has 37 heavy (non-hydrogen) atoms. The molecule has 4 atom stereocenters. The summed E-state index contributed by atoms with van der Waals surface area (Å²) in [6.07, 6.45) is -2.14. The average molecular weight is 523 g/mol. The van der Waals surface area contributed by atoms with Gasteiger partial charge in [0.05, 0.1) is 18.8 Å². The predicted molar refractivity (Wildman–Crippen MR) is 141 cm³/mol. The Labute approximate surface area is 221 Å². The smallest absolute Gasteiger partial charge is 0.255 e. The maximum absolute atomic E-state index is 13.0. The molecule has 0 aliphatic carbocycles. The summed E-state index contributed by atoms with van der Waals surface area (Å²) in [5.41, 5.74) is 3.44. The Kier molecular flexibility index (Phi) is 8.59. The number of aliphatic hydroxyl groups excluding tert-OH is 2. The van der Waals surface area contributed by atoms with Crippen LogP contribution in [0.3, 0.4) is 0 Å². The highest BCUT2D eigenvalue weighted by Crippen LogP contribution is 2.34. The Morgan fingerprint density at radius 3 is 2.51 bits per heavy atom. The maximum atomic E-state index is 13.0. The van der Waals surface area contributed by atoms with E-state index < -0.39 is 23.9 Å². The normalized spacial score (nSPS) is 17.8. The lowest BCUT2D eigenvalue weighted by Gasteiger charge is -2.29. The SMILES string of the molecule is COc1cccc(-c2ccc([C@@H](C)CC(=O)[C@H](O)[C@@H](O)C(=O)N3CCC[C@@H]3c3cccc(Cl)c3)cc2)n1. The number of likely N-dealkylation sites (tertiary alicyclic amines) is 1. The third-order valence-corrected chi connectivity index (χ3v) is 7.10. The van der Waals surface area contributed by atoms with E-state index in [1.165, 1.54) is 4.90 Å². The number of hydrogen-bond donors (Lipinski definition) is 2. The van der Waals surface area contributed by atoms with Crippen molar-refractivity contribution in [3.05, 3.63) is 82.9 Å². The molecule has 0 saturated carbocycles. The zero-order valence-corrected chi connectivity index (χ0v) is 21.6. The van der Waals surface area contributed by atoms with Gasteiger partial charge in [-0.1, -0.05) is 61.0 Å². The van der Waals surface area contributed by atoms with E-state index in [9.17, 15) is 19.8 Å². The van der Waals surface area contributed by atoms with E-state index >= 15 is 0 Å². The summed E-state index contributed by atoms with van der Waals surface area (Å²) in [6, 6.07) is 20.2. The minimum Gasteiger partial charge on any atom is -0.481 e. The molecule has 0 radical (unpaired) electrons. The number of carbonyl (C=O) groups excluding carboxylic acids is 2. The number of halogens is 1. The van der Waals surface area contributed by atoms with Gasteiger partial charge in [-0.3, -0.25) is 9.59 Å². The summed E-state index contributed by atoms with van der Waals surface area (Å²) in [5, 5.41) is 21.8. The van der Waals surface area contributed by atoms with Gasteiger partial charge in [0.1, 0.15) is 6.10 Å². The van der Waals surface area contributed by atoms with Crippen LogP contribution in [0.2, 0.25) is 5.02 Å². The number of amides is 1. The summed E-state index contributed by atoms with van der Waals surface area (Å²) in [6.45, 7) is 2.31. The van der Waals surface area contributed by atoms with Crippen molar-refractivity contribution in [3.8, 4) is 17.1 Å². The second-order valence-electron chi connectivity index (χ2n) is 9.39. The first-order valence-electron chi connectivity index (χ1n) is 12.3. The zero-order chi connectivity index (χ0) is 26.5. The molecular weight excluding hydrogens is 492 g/mol. The third-order valence-electron chi connectivity index (χ3n) is 6.87. The summed E-state index contributed by atoms with van der Waals surface area (Å²) in [7, 11) is 1.57. The van der Waals surface area contributed by atoms with Gasteiger partial charge in [0.2, 0.25) is 5.88 Å². The second kappa shape index (κ2) is 11.9. The molecule has 2 N–H and O–H groups in total. The number of carbonyl (C=O) groups is 2. The molecule has 3 aromatic rings. The Balaban J connectivity index is 1.38. The van der Waals surface area contributed by atoms with Crippen LogP contribution >= 0.6 is 11.6 Å². The number of ether oxygens (including phenoxy) is 1. The van der Waals surface area contributed by atoms with Crippen molar-refractivity contribution >= 4 is 23.3 Å². The fraction of sp³-hybridized carbons (Fsp3) is 0.345. The van der Waals surface area contributed by atoms with Gasteiger partial charge in [0, 0.05) is 29.6 Å². The first kappa shape index (κ1) is 26.8. The second-order valence-corrected chi connectivity index (χ2v) is 9.83. The van der Waals surface area contributed by atoms with Crippen LogP contribution in [0.4, 0.5) is 0 Å². The van der Waals surface area contributed by atoms with E-state index in [-0.39, 0.29) is 18.4 Å². The fourth-order valence-corrected chi connectivity index (χ4v) is 4.98. The van der Waals surface area contributed by atoms with Gasteiger partial charge in [-0.15, -0.1) is 0 Å². The topological polar surface area (TPSA) is 100.0 Å². The first-order valence-corrected chi connectivity index (χ1v) is 12.7. The van der Waals surface area contributed by atoms with E-state index in [0.717, 1.165) is 35.2 Å². The van der Waals surface area contributed by atoms with Crippen LogP contribution < -0.4 is 4.74 Å². The summed E-state index contributed by atoms with van der Waals surface area (Å²) < 4.78 is 5.18. The molecule has 0 bridgehead atoms. The molecule has 7 nitrogen and oxygen atoms in total. The summed E-state index contributed by atoms with van der Waals surface area (Å²) in [5.74, 6) is -0.922. The van der Waals surface area contributed by atoms with E-state index in [2.05, 4.69) is 4.98 Å². The van der Waals surface area contributed by atoms with Crippen LogP contribution in [0.1, 0.15) is 49.3 Å². The van der Waals surface area contributed by atoms with Crippen LogP contribution in [-0.4, -0.2) is 57.6 Å². The lowest BCUT2D eigenvalue weighted by Crippen LogP contribution is -2.47. The number of nitrogens with zero attached hydrogens (tertiary/aromatic N) is 2. The highest BCUT2D eigenvalue weighted by atomic mass is 35.5. The number of pyridine rings is 1. The number of rotatable bonds is 9. The minimum absolute atomic E-state index is 0.0139. The van der Waals surface area contributed by atoms with Gasteiger partial charge in [0.15, 0.2) is 11.9 Å². The molecule has 1 saturated heterocycles. The van der Waals surface area contributed by atoms with Crippen LogP contribution in [-0.2, 0) is 9.59 Å². The molecule has 2 heterocycles. The average Bonchev–Trinajstić information content (AvgIpc) is 3.42. The molecular formula is C29H31ClN2O5. The maximum Gasteiger partial charge on any atom is 0.255 e. The first-order chi connectivity index (χ1) is 17.8. The number of aliphatic hydroxyl groups is 2. The molecule has 1 aliphatic heterocycles. The number of Topliss-reactive ketones (excluding diaryl/α,β-unsaturated/α-hetero) is 1. The number of benzene rings is 2. The number of aromatic nitrogens is 1. The third kappa shape index (κ3) is 6.18. The molecule has 1 aliphatic rings.